The molecule has 1 saturated carbocycles. The molecule has 0 unspecified atom stereocenters. The van der Waals surface area contributed by atoms with Gasteiger partial charge in [-0.2, -0.15) is 0 Å². The van der Waals surface area contributed by atoms with Crippen molar-refractivity contribution in [1.82, 2.24) is 4.90 Å². The SMILES string of the molecule is NC(=O)c1ccc(CN2C(=O)CC3(CCCCC3)C2=O)c([N+](=O)[O-])c1. The van der Waals surface area contributed by atoms with E-state index in [0.29, 0.717) is 12.8 Å². The summed E-state index contributed by atoms with van der Waals surface area (Å²) in [6.45, 7) is -0.158. The summed E-state index contributed by atoms with van der Waals surface area (Å²) < 4.78 is 0. The van der Waals surface area contributed by atoms with Gasteiger partial charge < -0.3 is 5.73 Å². The van der Waals surface area contributed by atoms with Crippen LogP contribution in [0.4, 0.5) is 5.69 Å². The fraction of sp³-hybridized carbons (Fsp3) is 0.471. The average molecular weight is 345 g/mol. The Balaban J connectivity index is 1.89. The Kier molecular flexibility index (Phi) is 4.28. The summed E-state index contributed by atoms with van der Waals surface area (Å²) >= 11 is 0. The Morgan fingerprint density at radius 3 is 2.52 bits per heavy atom. The van der Waals surface area contributed by atoms with Crippen molar-refractivity contribution in [3.05, 3.63) is 39.4 Å². The van der Waals surface area contributed by atoms with E-state index in [1.165, 1.54) is 12.1 Å². The van der Waals surface area contributed by atoms with Gasteiger partial charge in [0.15, 0.2) is 0 Å². The molecule has 1 aliphatic carbocycles. The first-order valence-corrected chi connectivity index (χ1v) is 8.26. The first kappa shape index (κ1) is 17.1. The third kappa shape index (κ3) is 2.99. The van der Waals surface area contributed by atoms with Crippen LogP contribution in [-0.4, -0.2) is 27.5 Å². The monoisotopic (exact) mass is 345 g/mol. The summed E-state index contributed by atoms with van der Waals surface area (Å²) in [6.07, 6.45) is 4.45. The van der Waals surface area contributed by atoms with Gasteiger partial charge in [-0.05, 0) is 25.0 Å². The lowest BCUT2D eigenvalue weighted by Gasteiger charge is -2.30. The molecule has 0 atom stereocenters. The van der Waals surface area contributed by atoms with Crippen LogP contribution < -0.4 is 5.73 Å². The fourth-order valence-electron chi connectivity index (χ4n) is 3.83. The molecule has 3 amide bonds. The van der Waals surface area contributed by atoms with Crippen LogP contribution in [0.5, 0.6) is 0 Å². The molecule has 1 spiro atoms. The maximum Gasteiger partial charge on any atom is 0.275 e. The zero-order valence-electron chi connectivity index (χ0n) is 13.7. The quantitative estimate of drug-likeness (QED) is 0.507. The molecule has 3 rings (SSSR count). The average Bonchev–Trinajstić information content (AvgIpc) is 2.79. The zero-order valence-corrected chi connectivity index (χ0v) is 13.7. The smallest absolute Gasteiger partial charge is 0.275 e. The predicted molar refractivity (Wildman–Crippen MR) is 87.3 cm³/mol. The second kappa shape index (κ2) is 6.27. The molecule has 0 aromatic heterocycles. The van der Waals surface area contributed by atoms with Gasteiger partial charge in [0.25, 0.3) is 5.69 Å². The maximum atomic E-state index is 12.8. The van der Waals surface area contributed by atoms with Gasteiger partial charge in [-0.1, -0.05) is 19.3 Å². The summed E-state index contributed by atoms with van der Waals surface area (Å²) in [6, 6.07) is 3.83. The van der Waals surface area contributed by atoms with Crippen LogP contribution in [0, 0.1) is 15.5 Å². The summed E-state index contributed by atoms with van der Waals surface area (Å²) in [5.41, 5.74) is 4.43. The number of nitro groups is 1. The molecular formula is C17H19N3O5. The van der Waals surface area contributed by atoms with Gasteiger partial charge in [0.2, 0.25) is 17.7 Å². The lowest BCUT2D eigenvalue weighted by atomic mass is 9.73. The molecule has 2 fully saturated rings. The van der Waals surface area contributed by atoms with E-state index >= 15 is 0 Å². The number of nitrogens with zero attached hydrogens (tertiary/aromatic N) is 2. The van der Waals surface area contributed by atoms with Crippen LogP contribution in [0.15, 0.2) is 18.2 Å². The van der Waals surface area contributed by atoms with E-state index < -0.39 is 16.2 Å². The van der Waals surface area contributed by atoms with Crippen molar-refractivity contribution in [2.24, 2.45) is 11.1 Å². The maximum absolute atomic E-state index is 12.8. The number of benzene rings is 1. The van der Waals surface area contributed by atoms with Gasteiger partial charge in [0, 0.05) is 23.6 Å². The molecule has 1 aromatic rings. The Hall–Kier alpha value is -2.77. The minimum atomic E-state index is -0.774. The van der Waals surface area contributed by atoms with E-state index in [9.17, 15) is 24.5 Å². The van der Waals surface area contributed by atoms with Crippen molar-refractivity contribution >= 4 is 23.4 Å². The molecule has 2 aliphatic rings. The van der Waals surface area contributed by atoms with Crippen molar-refractivity contribution < 1.29 is 19.3 Å². The molecule has 0 bridgehead atoms. The number of rotatable bonds is 4. The molecule has 1 heterocycles. The number of imide groups is 1. The molecule has 1 aromatic carbocycles. The number of amides is 3. The minimum absolute atomic E-state index is 0.0123. The highest BCUT2D eigenvalue weighted by Gasteiger charge is 2.51. The lowest BCUT2D eigenvalue weighted by Crippen LogP contribution is -2.36. The summed E-state index contributed by atoms with van der Waals surface area (Å²) in [4.78, 5) is 48.2. The third-order valence-corrected chi connectivity index (χ3v) is 5.20. The van der Waals surface area contributed by atoms with Crippen LogP contribution in [0.3, 0.4) is 0 Å². The zero-order chi connectivity index (χ0) is 18.2. The molecule has 1 aliphatic heterocycles. The van der Waals surface area contributed by atoms with Gasteiger partial charge in [0.05, 0.1) is 16.9 Å². The van der Waals surface area contributed by atoms with Crippen LogP contribution in [-0.2, 0) is 16.1 Å². The number of carbonyl (C=O) groups excluding carboxylic acids is 3. The number of hydrogen-bond donors (Lipinski definition) is 1. The van der Waals surface area contributed by atoms with Crippen molar-refractivity contribution in [3.8, 4) is 0 Å². The van der Waals surface area contributed by atoms with Crippen molar-refractivity contribution in [2.45, 2.75) is 45.1 Å². The fourth-order valence-corrected chi connectivity index (χ4v) is 3.83. The molecular weight excluding hydrogens is 326 g/mol. The summed E-state index contributed by atoms with van der Waals surface area (Å²) in [7, 11) is 0. The predicted octanol–water partition coefficient (Wildman–Crippen LogP) is 1.90. The molecule has 8 nitrogen and oxygen atoms in total. The van der Waals surface area contributed by atoms with Gasteiger partial charge in [-0.3, -0.25) is 29.4 Å². The topological polar surface area (TPSA) is 124 Å². The number of carbonyl (C=O) groups is 3. The van der Waals surface area contributed by atoms with E-state index in [4.69, 9.17) is 5.73 Å². The van der Waals surface area contributed by atoms with E-state index in [1.54, 1.807) is 0 Å². The van der Waals surface area contributed by atoms with Gasteiger partial charge in [0.1, 0.15) is 0 Å². The van der Waals surface area contributed by atoms with E-state index in [1.807, 2.05) is 0 Å². The number of nitro benzene ring substituents is 1. The van der Waals surface area contributed by atoms with E-state index in [0.717, 1.165) is 30.2 Å². The van der Waals surface area contributed by atoms with Crippen molar-refractivity contribution in [2.75, 3.05) is 0 Å². The second-order valence-electron chi connectivity index (χ2n) is 6.77. The summed E-state index contributed by atoms with van der Waals surface area (Å²) in [5, 5.41) is 11.3. The van der Waals surface area contributed by atoms with Crippen LogP contribution in [0.1, 0.15) is 54.4 Å². The van der Waals surface area contributed by atoms with E-state index in [-0.39, 0.29) is 41.6 Å². The van der Waals surface area contributed by atoms with Crippen molar-refractivity contribution in [3.63, 3.8) is 0 Å². The second-order valence-corrected chi connectivity index (χ2v) is 6.77. The standard InChI is InChI=1S/C17H19N3O5/c18-15(22)11-4-5-12(13(8-11)20(24)25)10-19-14(21)9-17(16(19)23)6-2-1-3-7-17/h4-5,8H,1-3,6-7,9-10H2,(H2,18,22). The molecule has 25 heavy (non-hydrogen) atoms. The van der Waals surface area contributed by atoms with E-state index in [2.05, 4.69) is 0 Å². The van der Waals surface area contributed by atoms with Crippen LogP contribution >= 0.6 is 0 Å². The highest BCUT2D eigenvalue weighted by molar-refractivity contribution is 6.06. The lowest BCUT2D eigenvalue weighted by molar-refractivity contribution is -0.385. The van der Waals surface area contributed by atoms with Gasteiger partial charge in [-0.15, -0.1) is 0 Å². The third-order valence-electron chi connectivity index (χ3n) is 5.20. The highest BCUT2D eigenvalue weighted by atomic mass is 16.6. The number of nitrogens with two attached hydrogens (primary N) is 1. The summed E-state index contributed by atoms with van der Waals surface area (Å²) in [5.74, 6) is -1.30. The highest BCUT2D eigenvalue weighted by Crippen LogP contribution is 2.45. The molecule has 8 heteroatoms. The molecule has 132 valence electrons. The van der Waals surface area contributed by atoms with Gasteiger partial charge in [-0.25, -0.2) is 0 Å². The largest absolute Gasteiger partial charge is 0.366 e. The Morgan fingerprint density at radius 1 is 1.24 bits per heavy atom. The molecule has 0 radical (unpaired) electrons. The first-order chi connectivity index (χ1) is 11.8. The number of likely N-dealkylation sites (tertiary alicyclic amines) is 1. The normalized spacial score (nSPS) is 19.4. The van der Waals surface area contributed by atoms with Crippen LogP contribution in [0.25, 0.3) is 0 Å². The first-order valence-electron chi connectivity index (χ1n) is 8.26. The Morgan fingerprint density at radius 2 is 1.92 bits per heavy atom. The molecule has 1 saturated heterocycles. The minimum Gasteiger partial charge on any atom is -0.366 e. The van der Waals surface area contributed by atoms with Crippen molar-refractivity contribution in [1.29, 1.82) is 0 Å². The van der Waals surface area contributed by atoms with Crippen LogP contribution in [0.2, 0.25) is 0 Å². The molecule has 2 N–H and O–H groups in total. The Bertz CT molecular complexity index is 768. The number of primary amides is 1. The number of hydrogen-bond acceptors (Lipinski definition) is 5. The van der Waals surface area contributed by atoms with Gasteiger partial charge >= 0.3 is 0 Å². The Labute approximate surface area is 144 Å².